The summed E-state index contributed by atoms with van der Waals surface area (Å²) in [7, 11) is 1.26. The summed E-state index contributed by atoms with van der Waals surface area (Å²) in [5.41, 5.74) is 1.86. The molecule has 0 saturated carbocycles. The summed E-state index contributed by atoms with van der Waals surface area (Å²) >= 11 is 0. The Kier molecular flexibility index (Phi) is 6.09. The van der Waals surface area contributed by atoms with Gasteiger partial charge in [0.1, 0.15) is 18.2 Å². The molecule has 0 aliphatic carbocycles. The summed E-state index contributed by atoms with van der Waals surface area (Å²) in [6, 6.07) is 14.3. The van der Waals surface area contributed by atoms with E-state index >= 15 is 0 Å². The van der Waals surface area contributed by atoms with Crippen LogP contribution in [0.25, 0.3) is 11.1 Å². The molecule has 0 heterocycles. The summed E-state index contributed by atoms with van der Waals surface area (Å²) < 4.78 is 57.3. The first-order valence-electron chi connectivity index (χ1n) is 8.70. The van der Waals surface area contributed by atoms with Gasteiger partial charge in [0.25, 0.3) is 0 Å². The third-order valence-corrected chi connectivity index (χ3v) is 4.14. The molecule has 0 bridgehead atoms. The van der Waals surface area contributed by atoms with E-state index in [1.54, 1.807) is 36.4 Å². The van der Waals surface area contributed by atoms with Crippen molar-refractivity contribution in [3.63, 3.8) is 0 Å². The van der Waals surface area contributed by atoms with Crippen LogP contribution in [0.2, 0.25) is 0 Å². The van der Waals surface area contributed by atoms with Crippen LogP contribution in [0.5, 0.6) is 17.2 Å². The van der Waals surface area contributed by atoms with Crippen LogP contribution in [0.15, 0.2) is 54.6 Å². The average molecular weight is 388 g/mol. The minimum atomic E-state index is -1.10. The van der Waals surface area contributed by atoms with Crippen molar-refractivity contribution in [3.05, 3.63) is 77.6 Å². The maximum Gasteiger partial charge on any atom is 0.204 e. The molecule has 0 spiro atoms. The normalized spacial score (nSPS) is 10.6. The van der Waals surface area contributed by atoms with Crippen molar-refractivity contribution >= 4 is 0 Å². The highest BCUT2D eigenvalue weighted by atomic mass is 19.2. The molecule has 0 aliphatic rings. The minimum Gasteiger partial charge on any atom is -0.494 e. The van der Waals surface area contributed by atoms with Crippen molar-refractivity contribution in [3.8, 4) is 28.4 Å². The largest absolute Gasteiger partial charge is 0.494 e. The van der Waals surface area contributed by atoms with Crippen LogP contribution in [0, 0.1) is 17.5 Å². The molecule has 0 atom stereocenters. The Morgan fingerprint density at radius 2 is 1.46 bits per heavy atom. The van der Waals surface area contributed by atoms with Crippen LogP contribution in [0.4, 0.5) is 13.2 Å². The van der Waals surface area contributed by atoms with Crippen molar-refractivity contribution < 1.29 is 27.4 Å². The number of methoxy groups -OCH3 is 1. The van der Waals surface area contributed by atoms with E-state index in [-0.39, 0.29) is 23.9 Å². The summed E-state index contributed by atoms with van der Waals surface area (Å²) in [5, 5.41) is 0. The predicted molar refractivity (Wildman–Crippen MR) is 100 cm³/mol. The van der Waals surface area contributed by atoms with Gasteiger partial charge in [-0.1, -0.05) is 24.3 Å². The van der Waals surface area contributed by atoms with Crippen molar-refractivity contribution in [2.45, 2.75) is 13.5 Å². The second-order valence-corrected chi connectivity index (χ2v) is 5.95. The molecule has 3 aromatic rings. The van der Waals surface area contributed by atoms with Gasteiger partial charge >= 0.3 is 0 Å². The Bertz CT molecular complexity index is 956. The minimum absolute atomic E-state index is 0.0364. The van der Waals surface area contributed by atoms with E-state index in [4.69, 9.17) is 14.2 Å². The lowest BCUT2D eigenvalue weighted by molar-refractivity contribution is 0.280. The van der Waals surface area contributed by atoms with Gasteiger partial charge in [-0.2, -0.15) is 8.78 Å². The Hall–Kier alpha value is -3.15. The molecule has 0 aromatic heterocycles. The molecule has 3 aromatic carbocycles. The second-order valence-electron chi connectivity index (χ2n) is 5.95. The lowest BCUT2D eigenvalue weighted by Gasteiger charge is -2.11. The number of hydrogen-bond acceptors (Lipinski definition) is 3. The molecular weight excluding hydrogens is 369 g/mol. The van der Waals surface area contributed by atoms with Crippen molar-refractivity contribution in [2.75, 3.05) is 13.7 Å². The summed E-state index contributed by atoms with van der Waals surface area (Å²) in [4.78, 5) is 0. The third kappa shape index (κ3) is 4.22. The molecule has 0 saturated heterocycles. The molecular formula is C22H19F3O3. The molecule has 0 fully saturated rings. The van der Waals surface area contributed by atoms with E-state index < -0.39 is 11.6 Å². The molecule has 0 unspecified atom stereocenters. The fourth-order valence-corrected chi connectivity index (χ4v) is 2.71. The molecule has 0 aliphatic heterocycles. The first kappa shape index (κ1) is 19.6. The number of halogens is 3. The van der Waals surface area contributed by atoms with E-state index in [1.165, 1.54) is 25.3 Å². The quantitative estimate of drug-likeness (QED) is 0.515. The van der Waals surface area contributed by atoms with Crippen molar-refractivity contribution in [1.82, 2.24) is 0 Å². The predicted octanol–water partition coefficient (Wildman–Crippen LogP) is 5.76. The van der Waals surface area contributed by atoms with Gasteiger partial charge in [0, 0.05) is 11.6 Å². The summed E-state index contributed by atoms with van der Waals surface area (Å²) in [6.07, 6.45) is 0. The smallest absolute Gasteiger partial charge is 0.204 e. The molecule has 3 rings (SSSR count). The average Bonchev–Trinajstić information content (AvgIpc) is 2.70. The van der Waals surface area contributed by atoms with Gasteiger partial charge in [-0.3, -0.25) is 0 Å². The van der Waals surface area contributed by atoms with E-state index in [1.807, 2.05) is 6.92 Å². The van der Waals surface area contributed by atoms with E-state index in [9.17, 15) is 13.2 Å². The number of ether oxygens (including phenoxy) is 3. The maximum atomic E-state index is 14.3. The van der Waals surface area contributed by atoms with Crippen LogP contribution in [-0.2, 0) is 6.61 Å². The van der Waals surface area contributed by atoms with Gasteiger partial charge in [0.15, 0.2) is 11.5 Å². The molecule has 146 valence electrons. The summed E-state index contributed by atoms with van der Waals surface area (Å²) in [5.74, 6) is -2.51. The van der Waals surface area contributed by atoms with Gasteiger partial charge in [-0.05, 0) is 42.3 Å². The van der Waals surface area contributed by atoms with Gasteiger partial charge in [-0.15, -0.1) is 0 Å². The van der Waals surface area contributed by atoms with Gasteiger partial charge in [-0.25, -0.2) is 4.39 Å². The van der Waals surface area contributed by atoms with Gasteiger partial charge < -0.3 is 14.2 Å². The highest BCUT2D eigenvalue weighted by molar-refractivity contribution is 5.65. The van der Waals surface area contributed by atoms with Crippen molar-refractivity contribution in [2.24, 2.45) is 0 Å². The molecule has 28 heavy (non-hydrogen) atoms. The lowest BCUT2D eigenvalue weighted by atomic mass is 10.0. The Morgan fingerprint density at radius 1 is 0.786 bits per heavy atom. The zero-order valence-electron chi connectivity index (χ0n) is 15.5. The molecule has 3 nitrogen and oxygen atoms in total. The van der Waals surface area contributed by atoms with Gasteiger partial charge in [0.05, 0.1) is 13.7 Å². The first-order chi connectivity index (χ1) is 13.5. The van der Waals surface area contributed by atoms with Crippen molar-refractivity contribution in [1.29, 1.82) is 0 Å². The van der Waals surface area contributed by atoms with Crippen LogP contribution in [0.3, 0.4) is 0 Å². The first-order valence-corrected chi connectivity index (χ1v) is 8.70. The maximum absolute atomic E-state index is 14.3. The van der Waals surface area contributed by atoms with Crippen LogP contribution >= 0.6 is 0 Å². The molecule has 0 N–H and O–H groups in total. The molecule has 6 heteroatoms. The fraction of sp³-hybridized carbons (Fsp3) is 0.182. The van der Waals surface area contributed by atoms with Gasteiger partial charge in [0.2, 0.25) is 11.6 Å². The van der Waals surface area contributed by atoms with E-state index in [2.05, 4.69) is 0 Å². The van der Waals surface area contributed by atoms with E-state index in [0.717, 1.165) is 5.56 Å². The van der Waals surface area contributed by atoms with Crippen LogP contribution in [-0.4, -0.2) is 13.7 Å². The SMILES string of the molecule is CCOc1ccc(-c2ccc(COc3ccc(OC)c(F)c3F)cc2)c(F)c1. The Labute approximate surface area is 161 Å². The number of hydrogen-bond donors (Lipinski definition) is 0. The zero-order chi connectivity index (χ0) is 20.1. The molecule has 0 radical (unpaired) electrons. The Morgan fingerprint density at radius 3 is 2.11 bits per heavy atom. The highest BCUT2D eigenvalue weighted by Gasteiger charge is 2.15. The topological polar surface area (TPSA) is 27.7 Å². The number of benzene rings is 3. The fourth-order valence-electron chi connectivity index (χ4n) is 2.71. The highest BCUT2D eigenvalue weighted by Crippen LogP contribution is 2.29. The van der Waals surface area contributed by atoms with E-state index in [0.29, 0.717) is 23.5 Å². The standard InChI is InChI=1S/C22H19F3O3/c1-3-27-16-8-9-17(18(23)12-16)15-6-4-14(5-7-15)13-28-20-11-10-19(26-2)21(24)22(20)25/h4-12H,3,13H2,1-2H3. The molecule has 0 amide bonds. The van der Waals surface area contributed by atoms with Crippen LogP contribution in [0.1, 0.15) is 12.5 Å². The Balaban J connectivity index is 1.71. The summed E-state index contributed by atoms with van der Waals surface area (Å²) in [6.45, 7) is 2.33. The zero-order valence-corrected chi connectivity index (χ0v) is 15.5. The lowest BCUT2D eigenvalue weighted by Crippen LogP contribution is -2.00. The van der Waals surface area contributed by atoms with Crippen LogP contribution < -0.4 is 14.2 Å². The number of rotatable bonds is 7. The third-order valence-electron chi connectivity index (χ3n) is 4.14. The monoisotopic (exact) mass is 388 g/mol. The second kappa shape index (κ2) is 8.69.